The lowest BCUT2D eigenvalue weighted by Gasteiger charge is -2.21. The molecule has 0 unspecified atom stereocenters. The Hall–Kier alpha value is -4.72. The lowest BCUT2D eigenvalue weighted by atomic mass is 10.1. The first-order chi connectivity index (χ1) is 28.0. The van der Waals surface area contributed by atoms with Crippen molar-refractivity contribution in [2.45, 2.75) is 39.0 Å². The third-order valence-corrected chi connectivity index (χ3v) is 14.7. The molecule has 59 heavy (non-hydrogen) atoms. The van der Waals surface area contributed by atoms with Gasteiger partial charge in [0.1, 0.15) is 34.9 Å². The predicted molar refractivity (Wildman–Crippen MR) is 236 cm³/mol. The van der Waals surface area contributed by atoms with Crippen molar-refractivity contribution in [2.75, 3.05) is 0 Å². The molecule has 2 nitrogen and oxygen atoms in total. The molecule has 0 aliphatic carbocycles. The molecule has 0 aliphatic heterocycles. The third kappa shape index (κ3) is 14.8. The highest BCUT2D eigenvalue weighted by molar-refractivity contribution is 7.26. The Kier molecular flexibility index (Phi) is 17.5. The van der Waals surface area contributed by atoms with E-state index < -0.39 is 44.2 Å². The van der Waals surface area contributed by atoms with Crippen molar-refractivity contribution >= 4 is 60.1 Å². The molecular weight excluding hydrogens is 861 g/mol. The van der Waals surface area contributed by atoms with E-state index in [4.69, 9.17) is 43.8 Å². The molecule has 6 aromatic rings. The van der Waals surface area contributed by atoms with Crippen molar-refractivity contribution in [3.05, 3.63) is 202 Å². The van der Waals surface area contributed by atoms with Crippen LogP contribution in [0.5, 0.6) is 23.0 Å². The van der Waals surface area contributed by atoms with Crippen molar-refractivity contribution in [3.8, 4) is 23.0 Å². The Labute approximate surface area is 358 Å². The molecular formula is C46H41Cl3F6O2Si2. The van der Waals surface area contributed by atoms with Gasteiger partial charge in [0.25, 0.3) is 0 Å². The summed E-state index contributed by atoms with van der Waals surface area (Å²) in [4.78, 5) is 0. The molecule has 0 aliphatic rings. The van der Waals surface area contributed by atoms with Gasteiger partial charge in [0.2, 0.25) is 0 Å². The molecule has 6 rings (SSSR count). The number of rotatable bonds is 11. The van der Waals surface area contributed by atoms with Crippen LogP contribution in [0.4, 0.5) is 26.3 Å². The van der Waals surface area contributed by atoms with Crippen molar-refractivity contribution in [2.24, 2.45) is 0 Å². The molecule has 0 saturated carbocycles. The topological polar surface area (TPSA) is 18.5 Å². The highest BCUT2D eigenvalue weighted by Crippen LogP contribution is 2.30. The first-order valence-electron chi connectivity index (χ1n) is 18.2. The highest BCUT2D eigenvalue weighted by Gasteiger charge is 2.32. The van der Waals surface area contributed by atoms with Gasteiger partial charge in [0.05, 0.1) is 0 Å². The van der Waals surface area contributed by atoms with E-state index in [0.29, 0.717) is 27.6 Å². The Morgan fingerprint density at radius 1 is 0.559 bits per heavy atom. The van der Waals surface area contributed by atoms with Gasteiger partial charge in [-0.15, -0.1) is 0 Å². The first kappa shape index (κ1) is 47.0. The second-order valence-electron chi connectivity index (χ2n) is 14.1. The van der Waals surface area contributed by atoms with Gasteiger partial charge >= 0.3 is 0 Å². The van der Waals surface area contributed by atoms with Crippen molar-refractivity contribution < 1.29 is 35.8 Å². The fourth-order valence-electron chi connectivity index (χ4n) is 5.37. The maximum absolute atomic E-state index is 15.0. The fraction of sp³-hybridized carbons (Fsp3) is 0.130. The fourth-order valence-corrected chi connectivity index (χ4v) is 8.98. The van der Waals surface area contributed by atoms with E-state index in [1.165, 1.54) is 41.6 Å². The van der Waals surface area contributed by atoms with E-state index in [1.54, 1.807) is 92.0 Å². The molecule has 0 spiro atoms. The van der Waals surface area contributed by atoms with Gasteiger partial charge in [-0.25, -0.2) is 26.3 Å². The zero-order chi connectivity index (χ0) is 43.2. The summed E-state index contributed by atoms with van der Waals surface area (Å²) < 4.78 is 93.1. The van der Waals surface area contributed by atoms with Crippen LogP contribution in [0, 0.1) is 11.6 Å². The van der Waals surface area contributed by atoms with Crippen LogP contribution >= 0.6 is 34.3 Å². The molecule has 13 heteroatoms. The van der Waals surface area contributed by atoms with Crippen LogP contribution in [0.25, 0.3) is 0 Å². The highest BCUT2D eigenvalue weighted by atomic mass is 35.6. The minimum absolute atomic E-state index is 0.0182. The van der Waals surface area contributed by atoms with Gasteiger partial charge in [-0.05, 0) is 89.1 Å². The molecule has 0 bridgehead atoms. The normalized spacial score (nSPS) is 12.0. The number of hydrogen-bond donors (Lipinski definition) is 0. The number of halogens is 9. The molecule has 0 N–H and O–H groups in total. The van der Waals surface area contributed by atoms with Crippen LogP contribution in [0.2, 0.25) is 36.2 Å². The monoisotopic (exact) mass is 900 g/mol. The number of ether oxygens (including phenoxy) is 2. The second kappa shape index (κ2) is 22.0. The van der Waals surface area contributed by atoms with Crippen LogP contribution < -0.4 is 19.8 Å². The van der Waals surface area contributed by atoms with E-state index >= 15 is 4.39 Å². The van der Waals surface area contributed by atoms with Gasteiger partial charge in [0, 0.05) is 22.9 Å². The largest absolute Gasteiger partial charge is 0.454 e. The average Bonchev–Trinajstić information content (AvgIpc) is 3.21. The summed E-state index contributed by atoms with van der Waals surface area (Å²) in [6.07, 6.45) is -0.621. The molecule has 6 aromatic carbocycles. The summed E-state index contributed by atoms with van der Waals surface area (Å²) in [5.41, 5.74) is 0.110. The molecule has 0 heterocycles. The van der Waals surface area contributed by atoms with Crippen molar-refractivity contribution in [1.29, 1.82) is 0 Å². The lowest BCUT2D eigenvalue weighted by Crippen LogP contribution is -2.43. The zero-order valence-corrected chi connectivity index (χ0v) is 36.8. The van der Waals surface area contributed by atoms with Crippen LogP contribution in [0.3, 0.4) is 0 Å². The minimum Gasteiger partial charge on any atom is -0.454 e. The van der Waals surface area contributed by atoms with Gasteiger partial charge in [0.15, 0.2) is 38.6 Å². The van der Waals surface area contributed by atoms with Gasteiger partial charge in [-0.1, -0.05) is 127 Å². The Bertz CT molecular complexity index is 2320. The summed E-state index contributed by atoms with van der Waals surface area (Å²) in [6.45, 7) is 7.66. The molecule has 0 atom stereocenters. The summed E-state index contributed by atoms with van der Waals surface area (Å²) in [5, 5.41) is 3.27. The predicted octanol–water partition coefficient (Wildman–Crippen LogP) is 15.1. The molecule has 0 radical (unpaired) electrons. The van der Waals surface area contributed by atoms with Crippen LogP contribution in [0.1, 0.15) is 11.1 Å². The quantitative estimate of drug-likeness (QED) is 0.0733. The zero-order valence-electron chi connectivity index (χ0n) is 32.6. The lowest BCUT2D eigenvalue weighted by molar-refractivity contribution is 0.441. The second-order valence-corrected chi connectivity index (χ2v) is 25.6. The Morgan fingerprint density at radius 3 is 1.37 bits per heavy atom. The summed E-state index contributed by atoms with van der Waals surface area (Å²) in [6, 6.07) is 39.9. The van der Waals surface area contributed by atoms with E-state index in [9.17, 15) is 22.0 Å². The Morgan fingerprint density at radius 2 is 0.966 bits per heavy atom. The average molecular weight is 902 g/mol. The van der Waals surface area contributed by atoms with E-state index in [-0.39, 0.29) is 30.7 Å². The summed E-state index contributed by atoms with van der Waals surface area (Å²) >= 11 is 17.8. The molecule has 0 amide bonds. The molecule has 0 fully saturated rings. The van der Waals surface area contributed by atoms with E-state index in [0.717, 1.165) is 10.2 Å². The first-order valence-corrected chi connectivity index (χ1v) is 26.0. The van der Waals surface area contributed by atoms with Gasteiger partial charge in [-0.3, -0.25) is 0 Å². The van der Waals surface area contributed by atoms with E-state index in [2.05, 4.69) is 13.1 Å². The number of para-hydroxylation sites is 2. The van der Waals surface area contributed by atoms with Crippen molar-refractivity contribution in [3.63, 3.8) is 0 Å². The molecule has 0 aromatic heterocycles. The van der Waals surface area contributed by atoms with Crippen LogP contribution in [0.15, 0.2) is 169 Å². The maximum atomic E-state index is 15.0. The van der Waals surface area contributed by atoms with E-state index in [1.807, 2.05) is 30.3 Å². The molecule has 308 valence electrons. The molecule has 0 saturated heterocycles. The smallest absolute Gasteiger partial charge is 0.180 e. The van der Waals surface area contributed by atoms with Crippen LogP contribution in [-0.2, 0) is 12.8 Å². The maximum Gasteiger partial charge on any atom is 0.180 e. The van der Waals surface area contributed by atoms with Gasteiger partial charge in [-0.2, -0.15) is 11.1 Å². The third-order valence-electron chi connectivity index (χ3n) is 8.67. The van der Waals surface area contributed by atoms with Crippen molar-refractivity contribution in [1.82, 2.24) is 0 Å². The standard InChI is InChI=1S/C23H20ClF3OSi.C15H11F3O.C8H10Cl2Si/c1-29(2,19-11-9-17(24)10-12-19)23(27)21(26)14-16-8-13-20(25)22(15-16)28-18-6-4-3-5-7-18;16-10-12(17)8-11-6-7-14(18)15(9-11)19-13-4-2-1-3-5-13;1-11(2,10)8-5-3-7(9)4-6-8/h3-13,15H,14H2,1-2H3;1-7,9-10H,8H2;3-6H,1-2H3/b23-21-;;. The number of hydrogen-bond acceptors (Lipinski definition) is 2. The SMILES string of the molecule is C[Si](C)(/C(F)=C(\F)Cc1ccc(F)c(Oc2ccccc2)c1)c1ccc(Cl)cc1.C[Si](C)(Cl)c1ccc(Cl)cc1.FC=C(F)Cc1ccc(F)c(Oc2ccccc2)c1. The van der Waals surface area contributed by atoms with Crippen LogP contribution in [-0.4, -0.2) is 15.5 Å². The summed E-state index contributed by atoms with van der Waals surface area (Å²) in [7, 11) is -4.48. The minimum atomic E-state index is -2.83. The van der Waals surface area contributed by atoms with Gasteiger partial charge < -0.3 is 9.47 Å². The summed E-state index contributed by atoms with van der Waals surface area (Å²) in [5.74, 6) is -2.02. The number of benzene rings is 6. The Balaban J connectivity index is 0.000000219. The number of allylic oxidation sites excluding steroid dienone is 2.